The highest BCUT2D eigenvalue weighted by atomic mass is 32.1. The molecule has 0 fully saturated rings. The van der Waals surface area contributed by atoms with Crippen molar-refractivity contribution in [3.63, 3.8) is 0 Å². The molecular formula is C16H15NO2S. The molecule has 1 heterocycles. The van der Waals surface area contributed by atoms with Crippen LogP contribution in [0.5, 0.6) is 0 Å². The molecule has 4 heteroatoms. The Bertz CT molecular complexity index is 698. The monoisotopic (exact) mass is 285 g/mol. The summed E-state index contributed by atoms with van der Waals surface area (Å²) in [5.74, 6) is -1.01. The molecule has 0 radical (unpaired) electrons. The highest BCUT2D eigenvalue weighted by molar-refractivity contribution is 7.04. The van der Waals surface area contributed by atoms with Gasteiger partial charge in [0.25, 0.3) is 0 Å². The SMILES string of the molecule is C=C(/C=C\c1c(C)cccc1-c1nscc1C)C(=O)O. The maximum absolute atomic E-state index is 10.8. The Morgan fingerprint density at radius 1 is 1.35 bits per heavy atom. The van der Waals surface area contributed by atoms with Crippen molar-refractivity contribution in [3.8, 4) is 11.3 Å². The van der Waals surface area contributed by atoms with Gasteiger partial charge in [-0.1, -0.05) is 30.9 Å². The Morgan fingerprint density at radius 2 is 2.10 bits per heavy atom. The molecule has 1 N–H and O–H groups in total. The Hall–Kier alpha value is -2.20. The largest absolute Gasteiger partial charge is 0.478 e. The van der Waals surface area contributed by atoms with Gasteiger partial charge in [-0.25, -0.2) is 4.79 Å². The van der Waals surface area contributed by atoms with E-state index in [4.69, 9.17) is 5.11 Å². The maximum Gasteiger partial charge on any atom is 0.335 e. The van der Waals surface area contributed by atoms with Crippen LogP contribution < -0.4 is 0 Å². The van der Waals surface area contributed by atoms with Gasteiger partial charge in [0.2, 0.25) is 0 Å². The number of benzene rings is 1. The Morgan fingerprint density at radius 3 is 2.70 bits per heavy atom. The molecular weight excluding hydrogens is 270 g/mol. The summed E-state index contributed by atoms with van der Waals surface area (Å²) in [7, 11) is 0. The second-order valence-corrected chi connectivity index (χ2v) is 5.18. The molecule has 0 saturated carbocycles. The lowest BCUT2D eigenvalue weighted by Crippen LogP contribution is -1.95. The molecule has 1 aromatic heterocycles. The van der Waals surface area contributed by atoms with E-state index in [2.05, 4.69) is 11.0 Å². The highest BCUT2D eigenvalue weighted by Gasteiger charge is 2.10. The number of carboxylic acid groups (broad SMARTS) is 1. The van der Waals surface area contributed by atoms with Crippen LogP contribution >= 0.6 is 11.5 Å². The van der Waals surface area contributed by atoms with Crippen molar-refractivity contribution in [2.24, 2.45) is 0 Å². The topological polar surface area (TPSA) is 50.2 Å². The number of hydrogen-bond acceptors (Lipinski definition) is 3. The molecule has 0 spiro atoms. The first-order valence-corrected chi connectivity index (χ1v) is 6.95. The molecule has 0 atom stereocenters. The summed E-state index contributed by atoms with van der Waals surface area (Å²) in [4.78, 5) is 10.8. The zero-order chi connectivity index (χ0) is 14.7. The van der Waals surface area contributed by atoms with Crippen molar-refractivity contribution in [2.75, 3.05) is 0 Å². The third-order valence-corrected chi connectivity index (χ3v) is 3.80. The van der Waals surface area contributed by atoms with Crippen molar-refractivity contribution < 1.29 is 9.90 Å². The molecule has 1 aromatic carbocycles. The third kappa shape index (κ3) is 2.86. The van der Waals surface area contributed by atoms with E-state index in [1.54, 1.807) is 6.08 Å². The summed E-state index contributed by atoms with van der Waals surface area (Å²) in [6.45, 7) is 7.52. The highest BCUT2D eigenvalue weighted by Crippen LogP contribution is 2.29. The molecule has 0 saturated heterocycles. The number of aliphatic carboxylic acids is 1. The van der Waals surface area contributed by atoms with Crippen LogP contribution in [0, 0.1) is 13.8 Å². The van der Waals surface area contributed by atoms with Crippen molar-refractivity contribution in [1.82, 2.24) is 4.37 Å². The lowest BCUT2D eigenvalue weighted by molar-refractivity contribution is -0.132. The molecule has 2 rings (SSSR count). The fourth-order valence-corrected chi connectivity index (χ4v) is 2.58. The molecule has 0 aliphatic rings. The van der Waals surface area contributed by atoms with Crippen molar-refractivity contribution in [2.45, 2.75) is 13.8 Å². The lowest BCUT2D eigenvalue weighted by Gasteiger charge is -2.08. The van der Waals surface area contributed by atoms with Gasteiger partial charge < -0.3 is 5.11 Å². The van der Waals surface area contributed by atoms with Crippen molar-refractivity contribution in [1.29, 1.82) is 0 Å². The van der Waals surface area contributed by atoms with Gasteiger partial charge >= 0.3 is 5.97 Å². The van der Waals surface area contributed by atoms with Gasteiger partial charge in [-0.05, 0) is 48.1 Å². The van der Waals surface area contributed by atoms with E-state index in [-0.39, 0.29) is 5.57 Å². The minimum absolute atomic E-state index is 0.0641. The van der Waals surface area contributed by atoms with Crippen LogP contribution in [0.4, 0.5) is 0 Å². The van der Waals surface area contributed by atoms with Gasteiger partial charge in [0, 0.05) is 10.9 Å². The first-order valence-electron chi connectivity index (χ1n) is 6.12. The van der Waals surface area contributed by atoms with Crippen LogP contribution in [-0.4, -0.2) is 15.4 Å². The number of aromatic nitrogens is 1. The van der Waals surface area contributed by atoms with E-state index >= 15 is 0 Å². The molecule has 2 aromatic rings. The van der Waals surface area contributed by atoms with Crippen LogP contribution in [0.2, 0.25) is 0 Å². The summed E-state index contributed by atoms with van der Waals surface area (Å²) in [5.41, 5.74) is 5.19. The van der Waals surface area contributed by atoms with Crippen LogP contribution in [0.3, 0.4) is 0 Å². The molecule has 20 heavy (non-hydrogen) atoms. The quantitative estimate of drug-likeness (QED) is 0.680. The zero-order valence-corrected chi connectivity index (χ0v) is 12.2. The molecule has 0 amide bonds. The van der Waals surface area contributed by atoms with Gasteiger partial charge in [-0.15, -0.1) is 0 Å². The number of carbonyl (C=O) groups is 1. The summed E-state index contributed by atoms with van der Waals surface area (Å²) in [6, 6.07) is 5.97. The van der Waals surface area contributed by atoms with Gasteiger partial charge in [0.05, 0.1) is 11.3 Å². The number of carboxylic acids is 1. The standard InChI is InChI=1S/C16H15NO2S/c1-10-5-4-6-14(15-12(3)9-20-17-15)13(10)8-7-11(2)16(18)19/h4-9H,2H2,1,3H3,(H,18,19)/b8-7-. The van der Waals surface area contributed by atoms with Crippen molar-refractivity contribution >= 4 is 23.6 Å². The van der Waals surface area contributed by atoms with Crippen LogP contribution in [0.15, 0.2) is 41.8 Å². The summed E-state index contributed by atoms with van der Waals surface area (Å²) < 4.78 is 4.42. The summed E-state index contributed by atoms with van der Waals surface area (Å²) >= 11 is 1.42. The second kappa shape index (κ2) is 5.84. The molecule has 0 aliphatic heterocycles. The van der Waals surface area contributed by atoms with Gasteiger partial charge in [0.15, 0.2) is 0 Å². The summed E-state index contributed by atoms with van der Waals surface area (Å²) in [6.07, 6.45) is 3.32. The fraction of sp³-hybridized carbons (Fsp3) is 0.125. The normalized spacial score (nSPS) is 10.9. The predicted octanol–water partition coefficient (Wildman–Crippen LogP) is 4.08. The summed E-state index contributed by atoms with van der Waals surface area (Å²) in [5, 5.41) is 10.9. The van der Waals surface area contributed by atoms with E-state index in [9.17, 15) is 4.79 Å². The predicted molar refractivity (Wildman–Crippen MR) is 82.8 cm³/mol. The number of aryl methyl sites for hydroxylation is 2. The average molecular weight is 285 g/mol. The minimum atomic E-state index is -1.01. The maximum atomic E-state index is 10.8. The molecule has 3 nitrogen and oxygen atoms in total. The lowest BCUT2D eigenvalue weighted by atomic mass is 9.97. The minimum Gasteiger partial charge on any atom is -0.478 e. The van der Waals surface area contributed by atoms with Gasteiger partial charge in [-0.3, -0.25) is 0 Å². The first kappa shape index (κ1) is 14.2. The Labute approximate surface area is 122 Å². The van der Waals surface area contributed by atoms with Crippen molar-refractivity contribution in [3.05, 3.63) is 58.5 Å². The van der Waals surface area contributed by atoms with E-state index in [1.165, 1.54) is 17.6 Å². The Kier molecular flexibility index (Phi) is 4.15. The second-order valence-electron chi connectivity index (χ2n) is 4.55. The molecule has 102 valence electrons. The van der Waals surface area contributed by atoms with Crippen LogP contribution in [0.1, 0.15) is 16.7 Å². The van der Waals surface area contributed by atoms with Gasteiger partial charge in [0.1, 0.15) is 0 Å². The van der Waals surface area contributed by atoms with E-state index in [1.807, 2.05) is 37.4 Å². The number of hydrogen-bond donors (Lipinski definition) is 1. The fourth-order valence-electron chi connectivity index (χ4n) is 1.91. The third-order valence-electron chi connectivity index (χ3n) is 3.05. The molecule has 0 bridgehead atoms. The Balaban J connectivity index is 2.50. The zero-order valence-electron chi connectivity index (χ0n) is 11.4. The molecule has 0 aliphatic carbocycles. The van der Waals surface area contributed by atoms with Crippen LogP contribution in [-0.2, 0) is 4.79 Å². The van der Waals surface area contributed by atoms with Gasteiger partial charge in [-0.2, -0.15) is 4.37 Å². The number of nitrogens with zero attached hydrogens (tertiary/aromatic N) is 1. The van der Waals surface area contributed by atoms with E-state index in [0.29, 0.717) is 0 Å². The van der Waals surface area contributed by atoms with Crippen LogP contribution in [0.25, 0.3) is 17.3 Å². The van der Waals surface area contributed by atoms with E-state index < -0.39 is 5.97 Å². The smallest absolute Gasteiger partial charge is 0.335 e. The van der Waals surface area contributed by atoms with E-state index in [0.717, 1.165) is 27.9 Å². The first-order chi connectivity index (χ1) is 9.50. The molecule has 0 unspecified atom stereocenters. The number of rotatable bonds is 4. The average Bonchev–Trinajstić information content (AvgIpc) is 2.82.